The molecular formula is C16H15N3OS. The van der Waals surface area contributed by atoms with Crippen LogP contribution in [0.15, 0.2) is 42.5 Å². The Balaban J connectivity index is 1.81. The van der Waals surface area contributed by atoms with Gasteiger partial charge in [-0.2, -0.15) is 0 Å². The zero-order valence-corrected chi connectivity index (χ0v) is 12.6. The summed E-state index contributed by atoms with van der Waals surface area (Å²) in [6.45, 7) is 3.56. The van der Waals surface area contributed by atoms with Gasteiger partial charge >= 0.3 is 0 Å². The number of rotatable bonds is 3. The van der Waals surface area contributed by atoms with Crippen LogP contribution in [0.3, 0.4) is 0 Å². The first-order chi connectivity index (χ1) is 10.1. The lowest BCUT2D eigenvalue weighted by Gasteiger charge is -2.05. The third kappa shape index (κ3) is 3.03. The number of hydrogen-bond acceptors (Lipinski definition) is 4. The van der Waals surface area contributed by atoms with Gasteiger partial charge in [-0.15, -0.1) is 0 Å². The zero-order valence-electron chi connectivity index (χ0n) is 11.8. The number of carbonyl (C=O) groups is 1. The molecule has 5 heteroatoms. The zero-order chi connectivity index (χ0) is 14.8. The summed E-state index contributed by atoms with van der Waals surface area (Å²) in [4.78, 5) is 15.6. The molecule has 1 heterocycles. The van der Waals surface area contributed by atoms with Crippen LogP contribution in [0, 0.1) is 6.92 Å². The van der Waals surface area contributed by atoms with Crippen molar-refractivity contribution in [3.8, 4) is 0 Å². The lowest BCUT2D eigenvalue weighted by atomic mass is 10.2. The van der Waals surface area contributed by atoms with Crippen molar-refractivity contribution in [2.45, 2.75) is 13.8 Å². The normalized spacial score (nSPS) is 10.6. The van der Waals surface area contributed by atoms with Crippen LogP contribution in [-0.2, 0) is 4.79 Å². The van der Waals surface area contributed by atoms with E-state index in [1.807, 2.05) is 30.3 Å². The smallest absolute Gasteiger partial charge is 0.221 e. The predicted octanol–water partition coefficient (Wildman–Crippen LogP) is 4.31. The van der Waals surface area contributed by atoms with Gasteiger partial charge in [-0.05, 0) is 42.8 Å². The molecule has 0 spiro atoms. The third-order valence-corrected chi connectivity index (χ3v) is 4.01. The average molecular weight is 297 g/mol. The van der Waals surface area contributed by atoms with Crippen molar-refractivity contribution in [1.29, 1.82) is 0 Å². The van der Waals surface area contributed by atoms with Crippen molar-refractivity contribution in [1.82, 2.24) is 4.98 Å². The van der Waals surface area contributed by atoms with E-state index in [-0.39, 0.29) is 5.91 Å². The molecule has 106 valence electrons. The van der Waals surface area contributed by atoms with Gasteiger partial charge in [0.15, 0.2) is 5.13 Å². The van der Waals surface area contributed by atoms with Crippen LogP contribution in [0.4, 0.5) is 16.5 Å². The Morgan fingerprint density at radius 1 is 1.10 bits per heavy atom. The molecule has 0 unspecified atom stereocenters. The molecular weight excluding hydrogens is 282 g/mol. The summed E-state index contributed by atoms with van der Waals surface area (Å²) in [6.07, 6.45) is 0. The Labute approximate surface area is 126 Å². The summed E-state index contributed by atoms with van der Waals surface area (Å²) in [6, 6.07) is 13.7. The molecule has 0 fully saturated rings. The van der Waals surface area contributed by atoms with Crippen LogP contribution in [-0.4, -0.2) is 10.9 Å². The number of hydrogen-bond donors (Lipinski definition) is 2. The first kappa shape index (κ1) is 13.6. The number of anilines is 3. The van der Waals surface area contributed by atoms with Gasteiger partial charge in [-0.25, -0.2) is 4.98 Å². The highest BCUT2D eigenvalue weighted by molar-refractivity contribution is 7.22. The number of nitrogens with one attached hydrogen (secondary N) is 2. The van der Waals surface area contributed by atoms with E-state index in [9.17, 15) is 4.79 Å². The number of thiazole rings is 1. The maximum atomic E-state index is 11.0. The van der Waals surface area contributed by atoms with E-state index in [1.54, 1.807) is 11.3 Å². The van der Waals surface area contributed by atoms with Crippen molar-refractivity contribution >= 4 is 44.0 Å². The van der Waals surface area contributed by atoms with Gasteiger partial charge in [-0.3, -0.25) is 4.79 Å². The Kier molecular flexibility index (Phi) is 3.58. The third-order valence-electron chi connectivity index (χ3n) is 3.08. The highest BCUT2D eigenvalue weighted by Crippen LogP contribution is 2.30. The highest BCUT2D eigenvalue weighted by atomic mass is 32.1. The van der Waals surface area contributed by atoms with Crippen LogP contribution < -0.4 is 10.6 Å². The summed E-state index contributed by atoms with van der Waals surface area (Å²) >= 11 is 1.63. The standard InChI is InChI=1S/C16H15N3OS/c1-10-4-3-5-14-15(10)19-16(21-14)18-13-8-6-12(7-9-13)17-11(2)20/h3-9H,1-2H3,(H,17,20)(H,18,19). The molecule has 2 N–H and O–H groups in total. The van der Waals surface area contributed by atoms with Crippen molar-refractivity contribution < 1.29 is 4.79 Å². The number of carbonyl (C=O) groups excluding carboxylic acids is 1. The van der Waals surface area contributed by atoms with Crippen molar-refractivity contribution in [3.63, 3.8) is 0 Å². The molecule has 0 radical (unpaired) electrons. The first-order valence-corrected chi connectivity index (χ1v) is 7.44. The fourth-order valence-electron chi connectivity index (χ4n) is 2.10. The lowest BCUT2D eigenvalue weighted by molar-refractivity contribution is -0.114. The minimum atomic E-state index is -0.0719. The molecule has 0 saturated carbocycles. The maximum absolute atomic E-state index is 11.0. The quantitative estimate of drug-likeness (QED) is 0.757. The van der Waals surface area contributed by atoms with Crippen LogP contribution in [0.2, 0.25) is 0 Å². The second-order valence-corrected chi connectivity index (χ2v) is 5.85. The van der Waals surface area contributed by atoms with Crippen molar-refractivity contribution in [3.05, 3.63) is 48.0 Å². The molecule has 0 aliphatic rings. The number of fused-ring (bicyclic) bond motifs is 1. The van der Waals surface area contributed by atoms with E-state index in [4.69, 9.17) is 0 Å². The van der Waals surface area contributed by atoms with E-state index in [0.29, 0.717) is 0 Å². The summed E-state index contributed by atoms with van der Waals surface area (Å²) in [5.41, 5.74) is 3.95. The summed E-state index contributed by atoms with van der Waals surface area (Å²) in [5.74, 6) is -0.0719. The van der Waals surface area contributed by atoms with Gasteiger partial charge < -0.3 is 10.6 Å². The van der Waals surface area contributed by atoms with E-state index in [1.165, 1.54) is 17.2 Å². The number of amides is 1. The molecule has 0 bridgehead atoms. The first-order valence-electron chi connectivity index (χ1n) is 6.62. The fraction of sp³-hybridized carbons (Fsp3) is 0.125. The van der Waals surface area contributed by atoms with Crippen LogP contribution >= 0.6 is 11.3 Å². The fourth-order valence-corrected chi connectivity index (χ4v) is 3.07. The van der Waals surface area contributed by atoms with Crippen LogP contribution in [0.5, 0.6) is 0 Å². The van der Waals surface area contributed by atoms with Gasteiger partial charge in [0.2, 0.25) is 5.91 Å². The molecule has 3 rings (SSSR count). The topological polar surface area (TPSA) is 54.0 Å². The minimum absolute atomic E-state index is 0.0719. The van der Waals surface area contributed by atoms with Gasteiger partial charge in [0.1, 0.15) is 0 Å². The van der Waals surface area contributed by atoms with Crippen LogP contribution in [0.25, 0.3) is 10.2 Å². The molecule has 21 heavy (non-hydrogen) atoms. The summed E-state index contributed by atoms with van der Waals surface area (Å²) < 4.78 is 1.17. The Hall–Kier alpha value is -2.40. The highest BCUT2D eigenvalue weighted by Gasteiger charge is 2.06. The lowest BCUT2D eigenvalue weighted by Crippen LogP contribution is -2.05. The van der Waals surface area contributed by atoms with E-state index < -0.39 is 0 Å². The molecule has 1 aromatic heterocycles. The molecule has 0 aliphatic carbocycles. The summed E-state index contributed by atoms with van der Waals surface area (Å²) in [7, 11) is 0. The van der Waals surface area contributed by atoms with E-state index in [0.717, 1.165) is 22.0 Å². The number of para-hydroxylation sites is 1. The number of benzene rings is 2. The Morgan fingerprint density at radius 3 is 2.48 bits per heavy atom. The van der Waals surface area contributed by atoms with E-state index in [2.05, 4.69) is 34.7 Å². The molecule has 0 atom stereocenters. The molecule has 0 saturated heterocycles. The Morgan fingerprint density at radius 2 is 1.81 bits per heavy atom. The number of nitrogens with zero attached hydrogens (tertiary/aromatic N) is 1. The second kappa shape index (κ2) is 5.54. The summed E-state index contributed by atoms with van der Waals surface area (Å²) in [5, 5.41) is 6.91. The van der Waals surface area contributed by atoms with Gasteiger partial charge in [0.05, 0.1) is 10.2 Å². The van der Waals surface area contributed by atoms with Crippen LogP contribution in [0.1, 0.15) is 12.5 Å². The van der Waals surface area contributed by atoms with E-state index >= 15 is 0 Å². The van der Waals surface area contributed by atoms with Gasteiger partial charge in [0.25, 0.3) is 0 Å². The second-order valence-electron chi connectivity index (χ2n) is 4.82. The SMILES string of the molecule is CC(=O)Nc1ccc(Nc2nc3c(C)cccc3s2)cc1. The predicted molar refractivity (Wildman–Crippen MR) is 88.4 cm³/mol. The molecule has 1 amide bonds. The molecule has 0 aliphatic heterocycles. The largest absolute Gasteiger partial charge is 0.332 e. The molecule has 2 aromatic carbocycles. The Bertz CT molecular complexity index is 793. The molecule has 4 nitrogen and oxygen atoms in total. The van der Waals surface area contributed by atoms with Crippen molar-refractivity contribution in [2.24, 2.45) is 0 Å². The minimum Gasteiger partial charge on any atom is -0.332 e. The monoisotopic (exact) mass is 297 g/mol. The number of aryl methyl sites for hydroxylation is 1. The van der Waals surface area contributed by atoms with Gasteiger partial charge in [-0.1, -0.05) is 23.5 Å². The molecule has 3 aromatic rings. The van der Waals surface area contributed by atoms with Gasteiger partial charge in [0, 0.05) is 18.3 Å². The number of aromatic nitrogens is 1. The maximum Gasteiger partial charge on any atom is 0.221 e. The average Bonchev–Trinajstić information content (AvgIpc) is 2.84. The van der Waals surface area contributed by atoms with Crippen molar-refractivity contribution in [2.75, 3.05) is 10.6 Å².